The molecule has 0 fully saturated rings. The number of carbonyl (C=O) groups is 1. The predicted molar refractivity (Wildman–Crippen MR) is 67.4 cm³/mol. The molecule has 0 aliphatic heterocycles. The first-order valence-corrected chi connectivity index (χ1v) is 5.58. The third kappa shape index (κ3) is 1.91. The van der Waals surface area contributed by atoms with Crippen molar-refractivity contribution < 1.29 is 9.90 Å². The zero-order valence-corrected chi connectivity index (χ0v) is 10.0. The van der Waals surface area contributed by atoms with Gasteiger partial charge in [-0.25, -0.2) is 4.79 Å². The van der Waals surface area contributed by atoms with Gasteiger partial charge in [0.2, 0.25) is 0 Å². The van der Waals surface area contributed by atoms with Crippen LogP contribution in [0.3, 0.4) is 0 Å². The van der Waals surface area contributed by atoms with E-state index in [1.54, 1.807) is 6.07 Å². The lowest BCUT2D eigenvalue weighted by Gasteiger charge is -2.09. The van der Waals surface area contributed by atoms with Gasteiger partial charge in [-0.3, -0.25) is 0 Å². The first-order chi connectivity index (χ1) is 8.04. The predicted octanol–water partition coefficient (Wildman–Crippen LogP) is 1.92. The van der Waals surface area contributed by atoms with Crippen LogP contribution in [0.15, 0.2) is 18.2 Å². The largest absolute Gasteiger partial charge is 0.478 e. The molecule has 0 bridgehead atoms. The van der Waals surface area contributed by atoms with Crippen molar-refractivity contribution in [3.05, 3.63) is 35.0 Å². The Morgan fingerprint density at radius 2 is 2.06 bits per heavy atom. The van der Waals surface area contributed by atoms with E-state index in [0.717, 1.165) is 22.2 Å². The standard InChI is InChI=1S/C13H16N2O2/c1-8-5-10-7-9(2)15(4-3-14)12(10)11(6-8)13(16)17/h5-7H,3-4,14H2,1-2H3,(H,16,17). The number of benzene rings is 1. The number of fused-ring (bicyclic) bond motifs is 1. The lowest BCUT2D eigenvalue weighted by molar-refractivity contribution is 0.0698. The van der Waals surface area contributed by atoms with Crippen LogP contribution in [-0.4, -0.2) is 22.2 Å². The number of carboxylic acid groups (broad SMARTS) is 1. The van der Waals surface area contributed by atoms with Gasteiger partial charge in [0.15, 0.2) is 0 Å². The Morgan fingerprint density at radius 3 is 2.65 bits per heavy atom. The third-order valence-corrected chi connectivity index (χ3v) is 2.93. The summed E-state index contributed by atoms with van der Waals surface area (Å²) in [4.78, 5) is 11.3. The Balaban J connectivity index is 2.82. The second-order valence-electron chi connectivity index (χ2n) is 4.28. The van der Waals surface area contributed by atoms with E-state index in [1.807, 2.05) is 30.5 Å². The van der Waals surface area contributed by atoms with Crippen LogP contribution in [0.2, 0.25) is 0 Å². The molecular weight excluding hydrogens is 216 g/mol. The lowest BCUT2D eigenvalue weighted by Crippen LogP contribution is -2.12. The van der Waals surface area contributed by atoms with Gasteiger partial charge in [-0.05, 0) is 37.6 Å². The van der Waals surface area contributed by atoms with Gasteiger partial charge in [0.05, 0.1) is 11.1 Å². The average molecular weight is 232 g/mol. The Bertz CT molecular complexity index is 585. The molecule has 1 aromatic heterocycles. The van der Waals surface area contributed by atoms with Gasteiger partial charge in [-0.15, -0.1) is 0 Å². The SMILES string of the molecule is Cc1cc(C(=O)O)c2c(c1)cc(C)n2CCN. The van der Waals surface area contributed by atoms with Gasteiger partial charge in [0, 0.05) is 24.2 Å². The summed E-state index contributed by atoms with van der Waals surface area (Å²) in [5, 5.41) is 10.2. The van der Waals surface area contributed by atoms with Gasteiger partial charge < -0.3 is 15.4 Å². The number of aryl methyl sites for hydroxylation is 2. The Kier molecular flexibility index (Phi) is 2.90. The van der Waals surface area contributed by atoms with Crippen molar-refractivity contribution in [1.82, 2.24) is 4.57 Å². The molecule has 0 unspecified atom stereocenters. The number of nitrogens with two attached hydrogens (primary N) is 1. The molecule has 3 N–H and O–H groups in total. The number of aromatic nitrogens is 1. The quantitative estimate of drug-likeness (QED) is 0.849. The zero-order valence-electron chi connectivity index (χ0n) is 10.0. The molecule has 0 radical (unpaired) electrons. The molecule has 0 saturated carbocycles. The molecule has 2 aromatic rings. The van der Waals surface area contributed by atoms with E-state index in [1.165, 1.54) is 0 Å². The first-order valence-electron chi connectivity index (χ1n) is 5.58. The molecular formula is C13H16N2O2. The molecule has 1 aromatic carbocycles. The van der Waals surface area contributed by atoms with Crippen LogP contribution in [0.4, 0.5) is 0 Å². The lowest BCUT2D eigenvalue weighted by atomic mass is 10.1. The van der Waals surface area contributed by atoms with Crippen LogP contribution >= 0.6 is 0 Å². The van der Waals surface area contributed by atoms with Crippen LogP contribution in [-0.2, 0) is 6.54 Å². The highest BCUT2D eigenvalue weighted by Crippen LogP contribution is 2.25. The molecule has 0 spiro atoms. The summed E-state index contributed by atoms with van der Waals surface area (Å²) in [5.74, 6) is -0.893. The van der Waals surface area contributed by atoms with Crippen molar-refractivity contribution in [2.24, 2.45) is 5.73 Å². The number of hydrogen-bond acceptors (Lipinski definition) is 2. The molecule has 1 heterocycles. The number of rotatable bonds is 3. The monoisotopic (exact) mass is 232 g/mol. The van der Waals surface area contributed by atoms with Crippen molar-refractivity contribution in [3.63, 3.8) is 0 Å². The number of carboxylic acids is 1. The smallest absolute Gasteiger partial charge is 0.337 e. The number of hydrogen-bond donors (Lipinski definition) is 2. The van der Waals surface area contributed by atoms with Crippen LogP contribution in [0.1, 0.15) is 21.6 Å². The third-order valence-electron chi connectivity index (χ3n) is 2.93. The topological polar surface area (TPSA) is 68.2 Å². The minimum Gasteiger partial charge on any atom is -0.478 e. The molecule has 90 valence electrons. The van der Waals surface area contributed by atoms with Gasteiger partial charge in [-0.2, -0.15) is 0 Å². The fourth-order valence-electron chi connectivity index (χ4n) is 2.28. The molecule has 4 nitrogen and oxygen atoms in total. The van der Waals surface area contributed by atoms with E-state index in [-0.39, 0.29) is 0 Å². The van der Waals surface area contributed by atoms with Crippen molar-refractivity contribution in [3.8, 4) is 0 Å². The van der Waals surface area contributed by atoms with Gasteiger partial charge in [0.1, 0.15) is 0 Å². The van der Waals surface area contributed by atoms with Crippen LogP contribution < -0.4 is 5.73 Å². The second kappa shape index (κ2) is 4.22. The maximum atomic E-state index is 11.3. The van der Waals surface area contributed by atoms with Gasteiger partial charge in [0.25, 0.3) is 0 Å². The maximum absolute atomic E-state index is 11.3. The van der Waals surface area contributed by atoms with E-state index in [9.17, 15) is 9.90 Å². The summed E-state index contributed by atoms with van der Waals surface area (Å²) in [6.07, 6.45) is 0. The van der Waals surface area contributed by atoms with Crippen molar-refractivity contribution in [2.75, 3.05) is 6.54 Å². The minimum absolute atomic E-state index is 0.349. The molecule has 0 amide bonds. The molecule has 0 aliphatic carbocycles. The zero-order chi connectivity index (χ0) is 12.6. The summed E-state index contributed by atoms with van der Waals surface area (Å²) in [6, 6.07) is 5.71. The fourth-order valence-corrected chi connectivity index (χ4v) is 2.28. The molecule has 2 rings (SSSR count). The summed E-state index contributed by atoms with van der Waals surface area (Å²) < 4.78 is 1.97. The maximum Gasteiger partial charge on any atom is 0.337 e. The van der Waals surface area contributed by atoms with E-state index < -0.39 is 5.97 Å². The van der Waals surface area contributed by atoms with Gasteiger partial charge >= 0.3 is 5.97 Å². The molecule has 0 atom stereocenters. The van der Waals surface area contributed by atoms with E-state index in [0.29, 0.717) is 18.7 Å². The molecule has 0 aliphatic rings. The van der Waals surface area contributed by atoms with E-state index in [4.69, 9.17) is 5.73 Å². The number of nitrogens with zero attached hydrogens (tertiary/aromatic N) is 1. The highest BCUT2D eigenvalue weighted by atomic mass is 16.4. The van der Waals surface area contributed by atoms with Crippen LogP contribution in [0.25, 0.3) is 10.9 Å². The minimum atomic E-state index is -0.893. The van der Waals surface area contributed by atoms with Crippen molar-refractivity contribution in [2.45, 2.75) is 20.4 Å². The second-order valence-corrected chi connectivity index (χ2v) is 4.28. The highest BCUT2D eigenvalue weighted by Gasteiger charge is 2.15. The summed E-state index contributed by atoms with van der Waals surface area (Å²) >= 11 is 0. The molecule has 4 heteroatoms. The Labute approximate surface area is 99.7 Å². The van der Waals surface area contributed by atoms with E-state index in [2.05, 4.69) is 0 Å². The van der Waals surface area contributed by atoms with Crippen molar-refractivity contribution in [1.29, 1.82) is 0 Å². The average Bonchev–Trinajstić information content (AvgIpc) is 2.54. The molecule has 17 heavy (non-hydrogen) atoms. The number of aromatic carboxylic acids is 1. The van der Waals surface area contributed by atoms with Crippen molar-refractivity contribution >= 4 is 16.9 Å². The van der Waals surface area contributed by atoms with E-state index >= 15 is 0 Å². The van der Waals surface area contributed by atoms with Crippen LogP contribution in [0, 0.1) is 13.8 Å². The summed E-state index contributed by atoms with van der Waals surface area (Å²) in [5.41, 5.74) is 8.68. The fraction of sp³-hybridized carbons (Fsp3) is 0.308. The Morgan fingerprint density at radius 1 is 1.35 bits per heavy atom. The van der Waals surface area contributed by atoms with Gasteiger partial charge in [-0.1, -0.05) is 0 Å². The highest BCUT2D eigenvalue weighted by molar-refractivity contribution is 6.03. The molecule has 0 saturated heterocycles. The van der Waals surface area contributed by atoms with Crippen LogP contribution in [0.5, 0.6) is 0 Å². The normalized spacial score (nSPS) is 11.0. The summed E-state index contributed by atoms with van der Waals surface area (Å²) in [7, 11) is 0. The Hall–Kier alpha value is -1.81. The summed E-state index contributed by atoms with van der Waals surface area (Å²) in [6.45, 7) is 5.01. The first kappa shape index (κ1) is 11.7.